The molecule has 2 unspecified atom stereocenters. The van der Waals surface area contributed by atoms with Crippen LogP contribution in [0.25, 0.3) is 0 Å². The number of nitrogens with one attached hydrogen (secondary N) is 1. The molecule has 1 aromatic heterocycles. The highest BCUT2D eigenvalue weighted by Gasteiger charge is 2.29. The van der Waals surface area contributed by atoms with Gasteiger partial charge in [-0.05, 0) is 44.9 Å². The second kappa shape index (κ2) is 6.75. The summed E-state index contributed by atoms with van der Waals surface area (Å²) in [6.07, 6.45) is 5.59. The van der Waals surface area contributed by atoms with Crippen molar-refractivity contribution in [3.63, 3.8) is 0 Å². The van der Waals surface area contributed by atoms with Gasteiger partial charge < -0.3 is 15.0 Å². The molecule has 19 heavy (non-hydrogen) atoms. The number of hydrogen-bond donors (Lipinski definition) is 1. The van der Waals surface area contributed by atoms with Crippen LogP contribution in [0.1, 0.15) is 33.1 Å². The number of methoxy groups -OCH3 is 1. The largest absolute Gasteiger partial charge is 0.493 e. The van der Waals surface area contributed by atoms with Gasteiger partial charge in [0.15, 0.2) is 11.6 Å². The summed E-state index contributed by atoms with van der Waals surface area (Å²) in [5.74, 6) is 1.86. The van der Waals surface area contributed by atoms with Gasteiger partial charge >= 0.3 is 0 Å². The lowest BCUT2D eigenvalue weighted by Gasteiger charge is -2.40. The number of ether oxygens (including phenoxy) is 1. The molecule has 1 N–H and O–H groups in total. The van der Waals surface area contributed by atoms with Crippen molar-refractivity contribution in [2.75, 3.05) is 25.1 Å². The standard InChI is InChI=1S/C15H25N3O/c1-4-16-12(2)13-8-5-6-11-18(13)15-14(19-3)9-7-10-17-15/h7,9-10,12-13,16H,4-6,8,11H2,1-3H3. The Bertz CT molecular complexity index is 397. The van der Waals surface area contributed by atoms with E-state index >= 15 is 0 Å². The van der Waals surface area contributed by atoms with E-state index in [0.717, 1.165) is 24.7 Å². The molecule has 4 heteroatoms. The van der Waals surface area contributed by atoms with E-state index in [1.54, 1.807) is 7.11 Å². The Morgan fingerprint density at radius 3 is 3.11 bits per heavy atom. The maximum Gasteiger partial charge on any atom is 0.171 e. The molecule has 1 aliphatic rings. The summed E-state index contributed by atoms with van der Waals surface area (Å²) in [5, 5.41) is 3.54. The number of hydrogen-bond acceptors (Lipinski definition) is 4. The zero-order valence-electron chi connectivity index (χ0n) is 12.2. The van der Waals surface area contributed by atoms with Gasteiger partial charge in [-0.2, -0.15) is 0 Å². The third-order valence-corrected chi connectivity index (χ3v) is 3.90. The molecule has 2 atom stereocenters. The van der Waals surface area contributed by atoms with Crippen molar-refractivity contribution in [3.05, 3.63) is 18.3 Å². The summed E-state index contributed by atoms with van der Waals surface area (Å²) in [7, 11) is 1.72. The summed E-state index contributed by atoms with van der Waals surface area (Å²) in [5.41, 5.74) is 0. The highest BCUT2D eigenvalue weighted by Crippen LogP contribution is 2.31. The summed E-state index contributed by atoms with van der Waals surface area (Å²) < 4.78 is 5.46. The monoisotopic (exact) mass is 263 g/mol. The summed E-state index contributed by atoms with van der Waals surface area (Å²) in [4.78, 5) is 6.95. The number of rotatable bonds is 5. The first-order chi connectivity index (χ1) is 9.27. The van der Waals surface area contributed by atoms with Gasteiger partial charge in [-0.1, -0.05) is 6.92 Å². The molecule has 1 saturated heterocycles. The highest BCUT2D eigenvalue weighted by atomic mass is 16.5. The van der Waals surface area contributed by atoms with Gasteiger partial charge in [0.05, 0.1) is 7.11 Å². The van der Waals surface area contributed by atoms with Crippen LogP contribution >= 0.6 is 0 Å². The second-order valence-corrected chi connectivity index (χ2v) is 5.13. The highest BCUT2D eigenvalue weighted by molar-refractivity contribution is 5.53. The smallest absolute Gasteiger partial charge is 0.171 e. The second-order valence-electron chi connectivity index (χ2n) is 5.13. The lowest BCUT2D eigenvalue weighted by Crippen LogP contribution is -2.51. The predicted molar refractivity (Wildman–Crippen MR) is 78.9 cm³/mol. The van der Waals surface area contributed by atoms with E-state index in [4.69, 9.17) is 4.74 Å². The van der Waals surface area contributed by atoms with Gasteiger partial charge in [0, 0.05) is 24.8 Å². The summed E-state index contributed by atoms with van der Waals surface area (Å²) in [6.45, 7) is 6.49. The van der Waals surface area contributed by atoms with Crippen molar-refractivity contribution < 1.29 is 4.74 Å². The normalized spacial score (nSPS) is 21.2. The molecule has 2 rings (SSSR count). The van der Waals surface area contributed by atoms with E-state index in [1.807, 2.05) is 18.3 Å². The van der Waals surface area contributed by atoms with Crippen LogP contribution in [0.5, 0.6) is 5.75 Å². The minimum atomic E-state index is 0.469. The molecule has 1 aromatic rings. The lowest BCUT2D eigenvalue weighted by molar-refractivity contribution is 0.360. The number of pyridine rings is 1. The van der Waals surface area contributed by atoms with Crippen molar-refractivity contribution in [1.29, 1.82) is 0 Å². The Labute approximate surface area is 116 Å². The Morgan fingerprint density at radius 2 is 2.37 bits per heavy atom. The van der Waals surface area contributed by atoms with Crippen LogP contribution in [0.3, 0.4) is 0 Å². The number of likely N-dealkylation sites (N-methyl/N-ethyl adjacent to an activating group) is 1. The molecule has 0 amide bonds. The van der Waals surface area contributed by atoms with Crippen LogP contribution in [0, 0.1) is 0 Å². The predicted octanol–water partition coefficient (Wildman–Crippen LogP) is 2.45. The molecular weight excluding hydrogens is 238 g/mol. The lowest BCUT2D eigenvalue weighted by atomic mass is 9.96. The molecule has 106 valence electrons. The van der Waals surface area contributed by atoms with Gasteiger partial charge in [0.2, 0.25) is 0 Å². The minimum Gasteiger partial charge on any atom is -0.493 e. The van der Waals surface area contributed by atoms with E-state index < -0.39 is 0 Å². The summed E-state index contributed by atoms with van der Waals surface area (Å²) >= 11 is 0. The van der Waals surface area contributed by atoms with Crippen LogP contribution < -0.4 is 15.0 Å². The SMILES string of the molecule is CCNC(C)C1CCCCN1c1ncccc1OC. The molecule has 1 fully saturated rings. The van der Waals surface area contributed by atoms with Crippen LogP contribution in [0.15, 0.2) is 18.3 Å². The number of aromatic nitrogens is 1. The van der Waals surface area contributed by atoms with Crippen molar-refractivity contribution in [2.45, 2.75) is 45.2 Å². The molecule has 0 aromatic carbocycles. The van der Waals surface area contributed by atoms with Crippen molar-refractivity contribution in [3.8, 4) is 5.75 Å². The molecule has 0 bridgehead atoms. The van der Waals surface area contributed by atoms with E-state index in [1.165, 1.54) is 19.3 Å². The molecule has 0 aliphatic carbocycles. The van der Waals surface area contributed by atoms with E-state index in [9.17, 15) is 0 Å². The number of piperidine rings is 1. The first-order valence-corrected chi connectivity index (χ1v) is 7.27. The first-order valence-electron chi connectivity index (χ1n) is 7.27. The van der Waals surface area contributed by atoms with Crippen LogP contribution in [0.2, 0.25) is 0 Å². The zero-order chi connectivity index (χ0) is 13.7. The Balaban J connectivity index is 2.23. The third-order valence-electron chi connectivity index (χ3n) is 3.90. The van der Waals surface area contributed by atoms with Crippen molar-refractivity contribution >= 4 is 5.82 Å². The average molecular weight is 263 g/mol. The number of anilines is 1. The van der Waals surface area contributed by atoms with E-state index in [2.05, 4.69) is 29.0 Å². The van der Waals surface area contributed by atoms with Gasteiger partial charge in [-0.3, -0.25) is 0 Å². The molecule has 0 radical (unpaired) electrons. The molecule has 0 saturated carbocycles. The van der Waals surface area contributed by atoms with Gasteiger partial charge in [-0.15, -0.1) is 0 Å². The summed E-state index contributed by atoms with van der Waals surface area (Å²) in [6, 6.07) is 4.88. The first kappa shape index (κ1) is 14.1. The Hall–Kier alpha value is -1.29. The topological polar surface area (TPSA) is 37.4 Å². The molecular formula is C15H25N3O. The molecule has 1 aliphatic heterocycles. The van der Waals surface area contributed by atoms with Crippen molar-refractivity contribution in [2.24, 2.45) is 0 Å². The molecule has 0 spiro atoms. The minimum absolute atomic E-state index is 0.469. The van der Waals surface area contributed by atoms with Crippen LogP contribution in [-0.2, 0) is 0 Å². The van der Waals surface area contributed by atoms with Gasteiger partial charge in [0.25, 0.3) is 0 Å². The maximum atomic E-state index is 5.46. The number of nitrogens with zero attached hydrogens (tertiary/aromatic N) is 2. The fourth-order valence-electron chi connectivity index (χ4n) is 2.96. The van der Waals surface area contributed by atoms with Crippen LogP contribution in [-0.4, -0.2) is 37.3 Å². The van der Waals surface area contributed by atoms with Crippen LogP contribution in [0.4, 0.5) is 5.82 Å². The third kappa shape index (κ3) is 3.18. The fraction of sp³-hybridized carbons (Fsp3) is 0.667. The molecule has 2 heterocycles. The zero-order valence-corrected chi connectivity index (χ0v) is 12.2. The molecule has 4 nitrogen and oxygen atoms in total. The Kier molecular flexibility index (Phi) is 5.02. The van der Waals surface area contributed by atoms with E-state index in [-0.39, 0.29) is 0 Å². The fourth-order valence-corrected chi connectivity index (χ4v) is 2.96. The quantitative estimate of drug-likeness (QED) is 0.885. The van der Waals surface area contributed by atoms with Gasteiger partial charge in [-0.25, -0.2) is 4.98 Å². The average Bonchev–Trinajstić information content (AvgIpc) is 2.47. The Morgan fingerprint density at radius 1 is 1.53 bits per heavy atom. The van der Waals surface area contributed by atoms with E-state index in [0.29, 0.717) is 12.1 Å². The van der Waals surface area contributed by atoms with Crippen molar-refractivity contribution in [1.82, 2.24) is 10.3 Å². The van der Waals surface area contributed by atoms with Gasteiger partial charge in [0.1, 0.15) is 0 Å². The maximum absolute atomic E-state index is 5.46.